The topological polar surface area (TPSA) is 55.2 Å². The van der Waals surface area contributed by atoms with E-state index in [1.807, 2.05) is 6.92 Å². The standard InChI is InChI=1S/C24H34N2O4/c1-5-26(18-8-12-29-13-9-18)20-15-22-19(23(16(20)2)24(27)28-4)14-21(30-22)17-6-10-25(3)11-7-17/h14-15,17-18H,5-13H2,1-4H3. The molecule has 1 aromatic heterocycles. The summed E-state index contributed by atoms with van der Waals surface area (Å²) in [5.74, 6) is 1.10. The highest BCUT2D eigenvalue weighted by Gasteiger charge is 2.28. The minimum Gasteiger partial charge on any atom is -0.465 e. The number of rotatable bonds is 5. The largest absolute Gasteiger partial charge is 0.465 e. The molecule has 1 aromatic carbocycles. The number of nitrogens with zero attached hydrogens (tertiary/aromatic N) is 2. The third-order valence-corrected chi connectivity index (χ3v) is 6.87. The predicted octanol–water partition coefficient (Wildman–Crippen LogP) is 4.34. The Bertz CT molecular complexity index is 892. The first kappa shape index (κ1) is 21.2. The average molecular weight is 415 g/mol. The van der Waals surface area contributed by atoms with Gasteiger partial charge in [0.15, 0.2) is 0 Å². The van der Waals surface area contributed by atoms with Crippen molar-refractivity contribution in [3.8, 4) is 0 Å². The Labute approximate surface area is 179 Å². The van der Waals surface area contributed by atoms with E-state index in [2.05, 4.69) is 35.9 Å². The van der Waals surface area contributed by atoms with E-state index in [9.17, 15) is 4.79 Å². The Morgan fingerprint density at radius 2 is 1.90 bits per heavy atom. The summed E-state index contributed by atoms with van der Waals surface area (Å²) in [5, 5.41) is 0.875. The second-order valence-electron chi connectivity index (χ2n) is 8.65. The van der Waals surface area contributed by atoms with Crippen LogP contribution in [0.4, 0.5) is 5.69 Å². The summed E-state index contributed by atoms with van der Waals surface area (Å²) in [7, 11) is 3.61. The highest BCUT2D eigenvalue weighted by molar-refractivity contribution is 6.07. The van der Waals surface area contributed by atoms with Gasteiger partial charge in [0, 0.05) is 48.9 Å². The highest BCUT2D eigenvalue weighted by Crippen LogP contribution is 2.39. The highest BCUT2D eigenvalue weighted by atomic mass is 16.5. The summed E-state index contributed by atoms with van der Waals surface area (Å²) in [5.41, 5.74) is 3.47. The van der Waals surface area contributed by atoms with Crippen molar-refractivity contribution in [1.29, 1.82) is 0 Å². The smallest absolute Gasteiger partial charge is 0.338 e. The molecule has 0 spiro atoms. The molecule has 2 saturated heterocycles. The molecule has 2 fully saturated rings. The molecule has 0 radical (unpaired) electrons. The second-order valence-corrected chi connectivity index (χ2v) is 8.65. The monoisotopic (exact) mass is 414 g/mol. The van der Waals surface area contributed by atoms with E-state index in [-0.39, 0.29) is 5.97 Å². The Morgan fingerprint density at radius 3 is 2.53 bits per heavy atom. The van der Waals surface area contributed by atoms with Gasteiger partial charge in [0.2, 0.25) is 0 Å². The molecule has 2 aromatic rings. The lowest BCUT2D eigenvalue weighted by Gasteiger charge is -2.36. The van der Waals surface area contributed by atoms with Crippen LogP contribution >= 0.6 is 0 Å². The molecule has 3 heterocycles. The van der Waals surface area contributed by atoms with Crippen LogP contribution in [0, 0.1) is 6.92 Å². The number of benzene rings is 1. The number of furan rings is 1. The van der Waals surface area contributed by atoms with Crippen molar-refractivity contribution in [2.45, 2.75) is 51.5 Å². The van der Waals surface area contributed by atoms with E-state index in [1.54, 1.807) is 0 Å². The molecule has 164 valence electrons. The quantitative estimate of drug-likeness (QED) is 0.679. The normalized spacial score (nSPS) is 19.3. The van der Waals surface area contributed by atoms with Crippen molar-refractivity contribution in [1.82, 2.24) is 4.90 Å². The van der Waals surface area contributed by atoms with E-state index < -0.39 is 0 Å². The van der Waals surface area contributed by atoms with E-state index >= 15 is 0 Å². The first-order valence-corrected chi connectivity index (χ1v) is 11.2. The first-order chi connectivity index (χ1) is 14.5. The summed E-state index contributed by atoms with van der Waals surface area (Å²) in [4.78, 5) is 17.6. The van der Waals surface area contributed by atoms with Crippen molar-refractivity contribution in [2.75, 3.05) is 51.9 Å². The molecule has 0 bridgehead atoms. The van der Waals surface area contributed by atoms with Crippen molar-refractivity contribution in [3.63, 3.8) is 0 Å². The van der Waals surface area contributed by atoms with Gasteiger partial charge >= 0.3 is 5.97 Å². The molecular weight excluding hydrogens is 380 g/mol. The second kappa shape index (κ2) is 8.98. The number of esters is 1. The Balaban J connectivity index is 1.79. The summed E-state index contributed by atoms with van der Waals surface area (Å²) in [6.07, 6.45) is 4.16. The lowest BCUT2D eigenvalue weighted by Crippen LogP contribution is -2.40. The van der Waals surface area contributed by atoms with Gasteiger partial charge in [-0.1, -0.05) is 0 Å². The van der Waals surface area contributed by atoms with Crippen LogP contribution in [0.15, 0.2) is 16.5 Å². The summed E-state index contributed by atoms with van der Waals surface area (Å²) in [6, 6.07) is 4.63. The molecule has 4 rings (SSSR count). The Kier molecular flexibility index (Phi) is 6.34. The van der Waals surface area contributed by atoms with Crippen LogP contribution < -0.4 is 4.90 Å². The fourth-order valence-corrected chi connectivity index (χ4v) is 5.07. The van der Waals surface area contributed by atoms with Gasteiger partial charge in [-0.25, -0.2) is 4.79 Å². The van der Waals surface area contributed by atoms with Gasteiger partial charge in [-0.15, -0.1) is 0 Å². The molecular formula is C24H34N2O4. The maximum atomic E-state index is 12.8. The number of hydrogen-bond acceptors (Lipinski definition) is 6. The molecule has 6 heteroatoms. The predicted molar refractivity (Wildman–Crippen MR) is 119 cm³/mol. The van der Waals surface area contributed by atoms with E-state index in [0.717, 1.165) is 86.5 Å². The summed E-state index contributed by atoms with van der Waals surface area (Å²) < 4.78 is 17.1. The van der Waals surface area contributed by atoms with Crippen molar-refractivity contribution in [2.24, 2.45) is 0 Å². The minimum absolute atomic E-state index is 0.293. The number of methoxy groups -OCH3 is 1. The van der Waals surface area contributed by atoms with Crippen molar-refractivity contribution >= 4 is 22.6 Å². The third kappa shape index (κ3) is 3.95. The van der Waals surface area contributed by atoms with E-state index in [0.29, 0.717) is 17.5 Å². The number of hydrogen-bond donors (Lipinski definition) is 0. The third-order valence-electron chi connectivity index (χ3n) is 6.87. The van der Waals surface area contributed by atoms with Crippen molar-refractivity contribution < 1.29 is 18.7 Å². The van der Waals surface area contributed by atoms with E-state index in [1.165, 1.54) is 7.11 Å². The van der Waals surface area contributed by atoms with Crippen LogP contribution in [-0.2, 0) is 9.47 Å². The van der Waals surface area contributed by atoms with Crippen LogP contribution in [0.25, 0.3) is 11.0 Å². The van der Waals surface area contributed by atoms with Gasteiger partial charge in [0.1, 0.15) is 11.3 Å². The molecule has 2 aliphatic rings. The van der Waals surface area contributed by atoms with Gasteiger partial charge in [0.05, 0.1) is 12.7 Å². The molecule has 30 heavy (non-hydrogen) atoms. The van der Waals surface area contributed by atoms with Crippen LogP contribution in [0.5, 0.6) is 0 Å². The zero-order valence-electron chi connectivity index (χ0n) is 18.7. The SMILES string of the molecule is CCN(c1cc2oc(C3CCN(C)CC3)cc2c(C(=O)OC)c1C)C1CCOCC1. The van der Waals surface area contributed by atoms with Crippen LogP contribution in [0.2, 0.25) is 0 Å². The van der Waals surface area contributed by atoms with Gasteiger partial charge in [0.25, 0.3) is 0 Å². The Morgan fingerprint density at radius 1 is 1.20 bits per heavy atom. The lowest BCUT2D eigenvalue weighted by molar-refractivity contribution is 0.0602. The number of carbonyl (C=O) groups excluding carboxylic acids is 1. The number of ether oxygens (including phenoxy) is 2. The number of anilines is 1. The number of likely N-dealkylation sites (tertiary alicyclic amines) is 1. The fraction of sp³-hybridized carbons (Fsp3) is 0.625. The molecule has 6 nitrogen and oxygen atoms in total. The van der Waals surface area contributed by atoms with Gasteiger partial charge in [-0.3, -0.25) is 0 Å². The molecule has 0 N–H and O–H groups in total. The Hall–Kier alpha value is -2.05. The zero-order chi connectivity index (χ0) is 21.3. The van der Waals surface area contributed by atoms with Crippen LogP contribution in [0.1, 0.15) is 60.2 Å². The molecule has 2 aliphatic heterocycles. The van der Waals surface area contributed by atoms with Crippen molar-refractivity contribution in [3.05, 3.63) is 29.0 Å². The maximum absolute atomic E-state index is 12.8. The summed E-state index contributed by atoms with van der Waals surface area (Å²) >= 11 is 0. The lowest BCUT2D eigenvalue weighted by atomic mass is 9.93. The molecule has 0 saturated carbocycles. The molecule has 0 aliphatic carbocycles. The molecule has 0 unspecified atom stereocenters. The average Bonchev–Trinajstić information content (AvgIpc) is 3.19. The number of carbonyl (C=O) groups is 1. The van der Waals surface area contributed by atoms with Gasteiger partial charge in [-0.05, 0) is 71.3 Å². The zero-order valence-corrected chi connectivity index (χ0v) is 18.7. The fourth-order valence-electron chi connectivity index (χ4n) is 5.07. The van der Waals surface area contributed by atoms with Gasteiger partial charge < -0.3 is 23.7 Å². The van der Waals surface area contributed by atoms with Crippen LogP contribution in [-0.4, -0.2) is 63.9 Å². The molecule has 0 amide bonds. The van der Waals surface area contributed by atoms with Crippen LogP contribution in [0.3, 0.4) is 0 Å². The maximum Gasteiger partial charge on any atom is 0.338 e. The first-order valence-electron chi connectivity index (χ1n) is 11.2. The minimum atomic E-state index is -0.293. The summed E-state index contributed by atoms with van der Waals surface area (Å²) in [6.45, 7) is 8.79. The van der Waals surface area contributed by atoms with Gasteiger partial charge in [-0.2, -0.15) is 0 Å². The van der Waals surface area contributed by atoms with E-state index in [4.69, 9.17) is 13.9 Å². The number of piperidine rings is 1. The molecule has 0 atom stereocenters. The number of fused-ring (bicyclic) bond motifs is 1.